The van der Waals surface area contributed by atoms with Crippen LogP contribution in [0.15, 0.2) is 0 Å². The molecule has 0 radical (unpaired) electrons. The number of hydrogen-bond donors (Lipinski definition) is 1. The summed E-state index contributed by atoms with van der Waals surface area (Å²) in [4.78, 5) is 26.1. The molecule has 8 heteroatoms. The van der Waals surface area contributed by atoms with Crippen LogP contribution in [0.3, 0.4) is 0 Å². The molecule has 0 aromatic carbocycles. The lowest BCUT2D eigenvalue weighted by molar-refractivity contribution is -0.128. The molecule has 0 saturated carbocycles. The van der Waals surface area contributed by atoms with Crippen LogP contribution in [0.25, 0.3) is 0 Å². The Labute approximate surface area is 105 Å². The molecule has 2 atom stereocenters. The minimum Gasteiger partial charge on any atom is -0.395 e. The van der Waals surface area contributed by atoms with Gasteiger partial charge in [-0.2, -0.15) is 0 Å². The normalized spacial score (nSPS) is 29.8. The van der Waals surface area contributed by atoms with Gasteiger partial charge in [0.1, 0.15) is 0 Å². The van der Waals surface area contributed by atoms with Gasteiger partial charge in [0.15, 0.2) is 9.84 Å². The Balaban J connectivity index is 2.33. The van der Waals surface area contributed by atoms with Crippen LogP contribution in [-0.4, -0.2) is 72.0 Å². The molecule has 2 unspecified atom stereocenters. The average molecular weight is 276 g/mol. The lowest BCUT2D eigenvalue weighted by atomic mass is 10.1. The fourth-order valence-electron chi connectivity index (χ4n) is 2.61. The van der Waals surface area contributed by atoms with E-state index in [-0.39, 0.29) is 37.0 Å². The topological polar surface area (TPSA) is 95.0 Å². The number of aliphatic hydroxyl groups is 1. The Morgan fingerprint density at radius 2 is 2.00 bits per heavy atom. The van der Waals surface area contributed by atoms with Crippen LogP contribution < -0.4 is 0 Å². The average Bonchev–Trinajstić information content (AvgIpc) is 2.71. The van der Waals surface area contributed by atoms with Crippen molar-refractivity contribution in [2.24, 2.45) is 0 Å². The molecular formula is C10H16N2O5S. The van der Waals surface area contributed by atoms with E-state index >= 15 is 0 Å². The van der Waals surface area contributed by atoms with E-state index in [1.54, 1.807) is 6.92 Å². The Morgan fingerprint density at radius 3 is 2.56 bits per heavy atom. The van der Waals surface area contributed by atoms with Gasteiger partial charge >= 0.3 is 6.03 Å². The summed E-state index contributed by atoms with van der Waals surface area (Å²) in [5.41, 5.74) is 0. The molecule has 0 spiro atoms. The van der Waals surface area contributed by atoms with E-state index in [0.29, 0.717) is 0 Å². The first-order valence-electron chi connectivity index (χ1n) is 5.85. The third-order valence-electron chi connectivity index (χ3n) is 3.39. The zero-order valence-corrected chi connectivity index (χ0v) is 10.9. The van der Waals surface area contributed by atoms with E-state index in [9.17, 15) is 18.0 Å². The van der Waals surface area contributed by atoms with E-state index in [4.69, 9.17) is 5.11 Å². The molecule has 2 fully saturated rings. The van der Waals surface area contributed by atoms with Crippen molar-refractivity contribution in [1.29, 1.82) is 0 Å². The summed E-state index contributed by atoms with van der Waals surface area (Å²) < 4.78 is 23.2. The number of aliphatic hydroxyl groups excluding tert-OH is 1. The van der Waals surface area contributed by atoms with Crippen molar-refractivity contribution in [2.45, 2.75) is 25.4 Å². The van der Waals surface area contributed by atoms with Crippen LogP contribution in [0.5, 0.6) is 0 Å². The van der Waals surface area contributed by atoms with Crippen molar-refractivity contribution in [3.05, 3.63) is 0 Å². The smallest absolute Gasteiger partial charge is 0.327 e. The molecular weight excluding hydrogens is 260 g/mol. The molecule has 0 bridgehead atoms. The summed E-state index contributed by atoms with van der Waals surface area (Å²) in [6, 6.07) is -1.59. The predicted molar refractivity (Wildman–Crippen MR) is 62.6 cm³/mol. The minimum atomic E-state index is -3.22. The monoisotopic (exact) mass is 276 g/mol. The maximum atomic E-state index is 12.0. The molecule has 1 N–H and O–H groups in total. The van der Waals surface area contributed by atoms with Crippen molar-refractivity contribution >= 4 is 21.8 Å². The lowest BCUT2D eigenvalue weighted by Gasteiger charge is -2.20. The highest BCUT2D eigenvalue weighted by molar-refractivity contribution is 7.91. The largest absolute Gasteiger partial charge is 0.395 e. The number of hydrogen-bond acceptors (Lipinski definition) is 5. The minimum absolute atomic E-state index is 0.0585. The number of nitrogens with zero attached hydrogens (tertiary/aromatic N) is 2. The van der Waals surface area contributed by atoms with E-state index in [1.807, 2.05) is 0 Å². The number of fused-ring (bicyclic) bond motifs is 1. The van der Waals surface area contributed by atoms with Gasteiger partial charge in [-0.1, -0.05) is 6.92 Å². The van der Waals surface area contributed by atoms with Crippen LogP contribution >= 0.6 is 0 Å². The number of carbonyl (C=O) groups is 2. The number of amides is 3. The Kier molecular flexibility index (Phi) is 3.33. The van der Waals surface area contributed by atoms with Crippen molar-refractivity contribution in [3.63, 3.8) is 0 Å². The van der Waals surface area contributed by atoms with Gasteiger partial charge in [0.25, 0.3) is 0 Å². The van der Waals surface area contributed by atoms with Gasteiger partial charge in [0, 0.05) is 13.0 Å². The van der Waals surface area contributed by atoms with Gasteiger partial charge in [-0.15, -0.1) is 0 Å². The molecule has 102 valence electrons. The Bertz CT molecular complexity index is 475. The Hall–Kier alpha value is -1.15. The second-order valence-corrected chi connectivity index (χ2v) is 6.68. The number of rotatable bonds is 3. The van der Waals surface area contributed by atoms with Crippen LogP contribution in [-0.2, 0) is 14.6 Å². The Morgan fingerprint density at radius 1 is 1.39 bits per heavy atom. The highest BCUT2D eigenvalue weighted by Crippen LogP contribution is 2.31. The summed E-state index contributed by atoms with van der Waals surface area (Å²) >= 11 is 0. The van der Waals surface area contributed by atoms with Gasteiger partial charge in [-0.25, -0.2) is 13.2 Å². The number of imide groups is 1. The molecule has 7 nitrogen and oxygen atoms in total. The van der Waals surface area contributed by atoms with E-state index in [2.05, 4.69) is 0 Å². The van der Waals surface area contributed by atoms with Gasteiger partial charge in [-0.3, -0.25) is 9.69 Å². The maximum Gasteiger partial charge on any atom is 0.327 e. The van der Waals surface area contributed by atoms with E-state index in [0.717, 1.165) is 4.90 Å². The fourth-order valence-corrected chi connectivity index (χ4v) is 4.56. The van der Waals surface area contributed by atoms with Crippen LogP contribution in [0.1, 0.15) is 13.3 Å². The van der Waals surface area contributed by atoms with Crippen molar-refractivity contribution in [3.8, 4) is 0 Å². The molecule has 2 aliphatic rings. The van der Waals surface area contributed by atoms with Crippen molar-refractivity contribution in [1.82, 2.24) is 9.80 Å². The predicted octanol–water partition coefficient (Wildman–Crippen LogP) is -1.18. The first-order chi connectivity index (χ1) is 8.41. The molecule has 2 saturated heterocycles. The summed E-state index contributed by atoms with van der Waals surface area (Å²) in [7, 11) is -3.22. The molecule has 2 aliphatic heterocycles. The highest BCUT2D eigenvalue weighted by atomic mass is 32.2. The second-order valence-electron chi connectivity index (χ2n) is 4.53. The third-order valence-corrected chi connectivity index (χ3v) is 5.09. The van der Waals surface area contributed by atoms with Gasteiger partial charge in [-0.05, 0) is 0 Å². The summed E-state index contributed by atoms with van der Waals surface area (Å²) in [5.74, 6) is -0.666. The van der Waals surface area contributed by atoms with Crippen LogP contribution in [0.4, 0.5) is 4.79 Å². The van der Waals surface area contributed by atoms with E-state index < -0.39 is 28.0 Å². The first-order valence-corrected chi connectivity index (χ1v) is 7.67. The second kappa shape index (κ2) is 4.51. The van der Waals surface area contributed by atoms with Crippen LogP contribution in [0.2, 0.25) is 0 Å². The first kappa shape index (κ1) is 13.3. The van der Waals surface area contributed by atoms with Gasteiger partial charge in [0.2, 0.25) is 5.91 Å². The van der Waals surface area contributed by atoms with Crippen LogP contribution in [0, 0.1) is 0 Å². The number of β-amino-alcohol motifs (C(OH)–C–C–N with tert-alkyl or cyclic N) is 1. The van der Waals surface area contributed by atoms with Crippen molar-refractivity contribution < 1.29 is 23.1 Å². The standard InChI is InChI=1S/C10H16N2O5S/c1-2-9(14)12-8-6-18(16,17)5-7(8)11(3-4-13)10(12)15/h7-8,13H,2-6H2,1H3. The quantitative estimate of drug-likeness (QED) is 0.655. The zero-order chi connectivity index (χ0) is 13.5. The molecule has 2 rings (SSSR count). The third kappa shape index (κ3) is 1.99. The highest BCUT2D eigenvalue weighted by Gasteiger charge is 2.54. The lowest BCUT2D eigenvalue weighted by Crippen LogP contribution is -2.42. The number of urea groups is 1. The summed E-state index contributed by atoms with van der Waals surface area (Å²) in [6.07, 6.45) is 0.155. The van der Waals surface area contributed by atoms with Gasteiger partial charge in [0.05, 0.1) is 30.2 Å². The molecule has 2 heterocycles. The van der Waals surface area contributed by atoms with E-state index in [1.165, 1.54) is 4.90 Å². The van der Waals surface area contributed by atoms with Gasteiger partial charge < -0.3 is 10.0 Å². The molecule has 0 aromatic heterocycles. The maximum absolute atomic E-state index is 12.0. The molecule has 18 heavy (non-hydrogen) atoms. The molecule has 0 aliphatic carbocycles. The summed E-state index contributed by atoms with van der Waals surface area (Å²) in [6.45, 7) is 1.44. The zero-order valence-electron chi connectivity index (χ0n) is 10.1. The fraction of sp³-hybridized carbons (Fsp3) is 0.800. The van der Waals surface area contributed by atoms with Crippen molar-refractivity contribution in [2.75, 3.05) is 24.7 Å². The summed E-state index contributed by atoms with van der Waals surface area (Å²) in [5, 5.41) is 8.93. The number of carbonyl (C=O) groups excluding carboxylic acids is 2. The molecule has 0 aromatic rings. The number of sulfone groups is 1. The molecule has 3 amide bonds. The SMILES string of the molecule is CCC(=O)N1C(=O)N(CCO)C2CS(=O)(=O)CC21.